The van der Waals surface area contributed by atoms with Crippen molar-refractivity contribution in [1.29, 1.82) is 0 Å². The summed E-state index contributed by atoms with van der Waals surface area (Å²) in [6.07, 6.45) is 1.45. The SMILES string of the molecule is CCNCc1ccc(S(=O)(=O)N(C)C2CCOCC2)o1. The van der Waals surface area contributed by atoms with Crippen LogP contribution in [0.5, 0.6) is 0 Å². The minimum atomic E-state index is -3.56. The van der Waals surface area contributed by atoms with Gasteiger partial charge >= 0.3 is 0 Å². The first-order chi connectivity index (χ1) is 9.55. The molecule has 1 aromatic heterocycles. The summed E-state index contributed by atoms with van der Waals surface area (Å²) in [6.45, 7) is 4.54. The van der Waals surface area contributed by atoms with Gasteiger partial charge < -0.3 is 14.5 Å². The summed E-state index contributed by atoms with van der Waals surface area (Å²) in [6, 6.07) is 3.21. The molecule has 0 radical (unpaired) electrons. The molecule has 1 fully saturated rings. The van der Waals surface area contributed by atoms with Crippen LogP contribution in [0.15, 0.2) is 21.6 Å². The Labute approximate surface area is 120 Å². The minimum Gasteiger partial charge on any atom is -0.447 e. The maximum Gasteiger partial charge on any atom is 0.276 e. The lowest BCUT2D eigenvalue weighted by atomic mass is 10.1. The number of hydrogen-bond donors (Lipinski definition) is 1. The molecule has 2 rings (SSSR count). The lowest BCUT2D eigenvalue weighted by Gasteiger charge is -2.29. The van der Waals surface area contributed by atoms with Crippen molar-refractivity contribution in [2.24, 2.45) is 0 Å². The van der Waals surface area contributed by atoms with Gasteiger partial charge in [0.1, 0.15) is 5.76 Å². The molecule has 0 unspecified atom stereocenters. The van der Waals surface area contributed by atoms with Gasteiger partial charge in [-0.15, -0.1) is 0 Å². The van der Waals surface area contributed by atoms with E-state index in [9.17, 15) is 8.42 Å². The first-order valence-corrected chi connectivity index (χ1v) is 8.35. The Bertz CT molecular complexity index is 520. The third kappa shape index (κ3) is 3.41. The van der Waals surface area contributed by atoms with Gasteiger partial charge in [0.2, 0.25) is 5.09 Å². The maximum absolute atomic E-state index is 12.5. The molecule has 20 heavy (non-hydrogen) atoms. The fraction of sp³-hybridized carbons (Fsp3) is 0.692. The van der Waals surface area contributed by atoms with Gasteiger partial charge in [0.25, 0.3) is 10.0 Å². The van der Waals surface area contributed by atoms with E-state index in [4.69, 9.17) is 9.15 Å². The third-order valence-corrected chi connectivity index (χ3v) is 5.31. The van der Waals surface area contributed by atoms with Crippen molar-refractivity contribution in [2.75, 3.05) is 26.8 Å². The molecule has 1 aliphatic rings. The second kappa shape index (κ2) is 6.71. The predicted octanol–water partition coefficient (Wildman–Crippen LogP) is 1.19. The predicted molar refractivity (Wildman–Crippen MR) is 74.9 cm³/mol. The Balaban J connectivity index is 2.10. The molecule has 0 aliphatic carbocycles. The minimum absolute atomic E-state index is 0.0133. The third-order valence-electron chi connectivity index (χ3n) is 3.52. The van der Waals surface area contributed by atoms with E-state index < -0.39 is 10.0 Å². The summed E-state index contributed by atoms with van der Waals surface area (Å²) in [5, 5.41) is 3.12. The smallest absolute Gasteiger partial charge is 0.276 e. The number of nitrogens with zero attached hydrogens (tertiary/aromatic N) is 1. The Kier molecular flexibility index (Phi) is 5.20. The molecule has 7 heteroatoms. The molecule has 0 spiro atoms. The Morgan fingerprint density at radius 1 is 1.35 bits per heavy atom. The van der Waals surface area contributed by atoms with Crippen LogP contribution in [0.3, 0.4) is 0 Å². The molecule has 6 nitrogen and oxygen atoms in total. The van der Waals surface area contributed by atoms with Crippen molar-refractivity contribution >= 4 is 10.0 Å². The van der Waals surface area contributed by atoms with Gasteiger partial charge in [0.15, 0.2) is 0 Å². The van der Waals surface area contributed by atoms with Crippen LogP contribution < -0.4 is 5.32 Å². The molecule has 1 aromatic rings. The lowest BCUT2D eigenvalue weighted by Crippen LogP contribution is -2.40. The molecule has 0 bridgehead atoms. The fourth-order valence-electron chi connectivity index (χ4n) is 2.23. The van der Waals surface area contributed by atoms with Crippen molar-refractivity contribution in [1.82, 2.24) is 9.62 Å². The number of nitrogens with one attached hydrogen (secondary N) is 1. The summed E-state index contributed by atoms with van der Waals surface area (Å²) in [4.78, 5) is 0. The lowest BCUT2D eigenvalue weighted by molar-refractivity contribution is 0.0628. The summed E-state index contributed by atoms with van der Waals surface area (Å²) >= 11 is 0. The van der Waals surface area contributed by atoms with E-state index in [1.807, 2.05) is 6.92 Å². The van der Waals surface area contributed by atoms with E-state index in [0.717, 1.165) is 19.4 Å². The van der Waals surface area contributed by atoms with Gasteiger partial charge in [0.05, 0.1) is 6.54 Å². The Morgan fingerprint density at radius 3 is 2.70 bits per heavy atom. The van der Waals surface area contributed by atoms with E-state index in [2.05, 4.69) is 5.32 Å². The summed E-state index contributed by atoms with van der Waals surface area (Å²) in [5.41, 5.74) is 0. The van der Waals surface area contributed by atoms with E-state index in [1.165, 1.54) is 10.4 Å². The van der Waals surface area contributed by atoms with Crippen molar-refractivity contribution in [3.05, 3.63) is 17.9 Å². The van der Waals surface area contributed by atoms with Crippen molar-refractivity contribution in [3.63, 3.8) is 0 Å². The van der Waals surface area contributed by atoms with Gasteiger partial charge in [-0.3, -0.25) is 0 Å². The summed E-state index contributed by atoms with van der Waals surface area (Å²) in [5.74, 6) is 0.630. The molecule has 2 heterocycles. The topological polar surface area (TPSA) is 71.8 Å². The highest BCUT2D eigenvalue weighted by atomic mass is 32.2. The number of furan rings is 1. The van der Waals surface area contributed by atoms with E-state index in [0.29, 0.717) is 25.5 Å². The molecular weight excluding hydrogens is 280 g/mol. The van der Waals surface area contributed by atoms with Crippen LogP contribution in [0.1, 0.15) is 25.5 Å². The fourth-order valence-corrected chi connectivity index (χ4v) is 3.57. The molecule has 1 saturated heterocycles. The highest BCUT2D eigenvalue weighted by Crippen LogP contribution is 2.23. The zero-order valence-electron chi connectivity index (χ0n) is 12.0. The molecule has 0 aromatic carbocycles. The van der Waals surface area contributed by atoms with Gasteiger partial charge in [0, 0.05) is 26.3 Å². The van der Waals surface area contributed by atoms with Gasteiger partial charge in [-0.2, -0.15) is 4.31 Å². The molecule has 0 atom stereocenters. The number of ether oxygens (including phenoxy) is 1. The van der Waals surface area contributed by atoms with Crippen LogP contribution in [0.2, 0.25) is 0 Å². The zero-order valence-corrected chi connectivity index (χ0v) is 12.8. The van der Waals surface area contributed by atoms with Crippen molar-refractivity contribution in [2.45, 2.75) is 37.4 Å². The molecule has 0 amide bonds. The number of sulfonamides is 1. The monoisotopic (exact) mass is 302 g/mol. The van der Waals surface area contributed by atoms with E-state index >= 15 is 0 Å². The molecule has 1 N–H and O–H groups in total. The molecule has 114 valence electrons. The van der Waals surface area contributed by atoms with Crippen LogP contribution in [-0.2, 0) is 21.3 Å². The van der Waals surface area contributed by atoms with Crippen molar-refractivity contribution < 1.29 is 17.6 Å². The van der Waals surface area contributed by atoms with Crippen LogP contribution in [0.25, 0.3) is 0 Å². The summed E-state index contributed by atoms with van der Waals surface area (Å²) in [7, 11) is -1.95. The largest absolute Gasteiger partial charge is 0.447 e. The van der Waals surface area contributed by atoms with Gasteiger partial charge in [-0.05, 0) is 31.5 Å². The van der Waals surface area contributed by atoms with Crippen molar-refractivity contribution in [3.8, 4) is 0 Å². The second-order valence-corrected chi connectivity index (χ2v) is 6.79. The maximum atomic E-state index is 12.5. The molecular formula is C13H22N2O4S. The standard InChI is InChI=1S/C13H22N2O4S/c1-3-14-10-12-4-5-13(19-12)20(16,17)15(2)11-6-8-18-9-7-11/h4-5,11,14H,3,6-10H2,1-2H3. The van der Waals surface area contributed by atoms with Crippen LogP contribution in [-0.4, -0.2) is 45.6 Å². The summed E-state index contributed by atoms with van der Waals surface area (Å²) < 4.78 is 37.1. The van der Waals surface area contributed by atoms with Gasteiger partial charge in [-0.1, -0.05) is 6.92 Å². The molecule has 0 saturated carbocycles. The van der Waals surface area contributed by atoms with Crippen LogP contribution >= 0.6 is 0 Å². The second-order valence-electron chi connectivity index (χ2n) is 4.87. The quantitative estimate of drug-likeness (QED) is 0.854. The van der Waals surface area contributed by atoms with Crippen LogP contribution in [0.4, 0.5) is 0 Å². The highest BCUT2D eigenvalue weighted by Gasteiger charge is 2.31. The highest BCUT2D eigenvalue weighted by molar-refractivity contribution is 7.89. The number of rotatable bonds is 6. The zero-order chi connectivity index (χ0) is 14.6. The molecule has 1 aliphatic heterocycles. The first-order valence-electron chi connectivity index (χ1n) is 6.91. The Hall–Kier alpha value is -0.890. The first kappa shape index (κ1) is 15.5. The number of hydrogen-bond acceptors (Lipinski definition) is 5. The van der Waals surface area contributed by atoms with Crippen LogP contribution in [0, 0.1) is 0 Å². The average molecular weight is 302 g/mol. The van der Waals surface area contributed by atoms with Gasteiger partial charge in [-0.25, -0.2) is 8.42 Å². The Morgan fingerprint density at radius 2 is 2.05 bits per heavy atom. The van der Waals surface area contributed by atoms with E-state index in [-0.39, 0.29) is 11.1 Å². The van der Waals surface area contributed by atoms with E-state index in [1.54, 1.807) is 13.1 Å². The average Bonchev–Trinajstić information content (AvgIpc) is 2.94. The normalized spacial score (nSPS) is 17.8.